The van der Waals surface area contributed by atoms with Crippen LogP contribution in [0.4, 0.5) is 0 Å². The molecule has 0 aliphatic carbocycles. The van der Waals surface area contributed by atoms with E-state index in [9.17, 15) is 0 Å². The summed E-state index contributed by atoms with van der Waals surface area (Å²) >= 11 is 0. The Hall–Kier alpha value is -0.0800. The molecule has 0 aromatic heterocycles. The van der Waals surface area contributed by atoms with Gasteiger partial charge in [0.2, 0.25) is 0 Å². The zero-order chi connectivity index (χ0) is 4.85. The van der Waals surface area contributed by atoms with Crippen molar-refractivity contribution in [2.24, 2.45) is 0 Å². The van der Waals surface area contributed by atoms with Crippen molar-refractivity contribution in [3.05, 3.63) is 0 Å². The largest absolute Gasteiger partial charge is 0.311 e. The van der Waals surface area contributed by atoms with E-state index in [2.05, 4.69) is 17.6 Å². The van der Waals surface area contributed by atoms with E-state index in [0.717, 1.165) is 18.1 Å². The summed E-state index contributed by atoms with van der Waals surface area (Å²) in [4.78, 5) is 0. The summed E-state index contributed by atoms with van der Waals surface area (Å²) in [6, 6.07) is 2.37. The smallest absolute Gasteiger partial charge is 0.0388 e. The van der Waals surface area contributed by atoms with E-state index in [1.54, 1.807) is 0 Å². The third-order valence-electron chi connectivity index (χ3n) is 1.93. The zero-order valence-electron chi connectivity index (χ0n) is 4.44. The summed E-state index contributed by atoms with van der Waals surface area (Å²) in [5, 5.41) is 6.71. The number of fused-ring (bicyclic) bond motifs is 1. The van der Waals surface area contributed by atoms with Crippen LogP contribution < -0.4 is 10.6 Å². The van der Waals surface area contributed by atoms with Crippen molar-refractivity contribution >= 4 is 0 Å². The fourth-order valence-electron chi connectivity index (χ4n) is 1.31. The number of nitrogens with one attached hydrogen (secondary N) is 2. The molecule has 2 saturated heterocycles. The van der Waals surface area contributed by atoms with Crippen LogP contribution in [0.1, 0.15) is 6.92 Å². The van der Waals surface area contributed by atoms with Crippen molar-refractivity contribution in [2.75, 3.05) is 6.54 Å². The first-order valence-electron chi connectivity index (χ1n) is 2.87. The van der Waals surface area contributed by atoms with Gasteiger partial charge in [-0.1, -0.05) is 0 Å². The first-order valence-corrected chi connectivity index (χ1v) is 2.87. The predicted molar refractivity (Wildman–Crippen MR) is 28.2 cm³/mol. The monoisotopic (exact) mass is 98.1 g/mol. The van der Waals surface area contributed by atoms with E-state index in [1.165, 1.54) is 6.54 Å². The fraction of sp³-hybridized carbons (Fsp3) is 1.00. The van der Waals surface area contributed by atoms with E-state index < -0.39 is 0 Å². The highest BCUT2D eigenvalue weighted by molar-refractivity contribution is 5.10. The maximum absolute atomic E-state index is 3.36. The quantitative estimate of drug-likeness (QED) is 0.393. The van der Waals surface area contributed by atoms with Gasteiger partial charge < -0.3 is 10.6 Å². The molecular weight excluding hydrogens is 88.1 g/mol. The van der Waals surface area contributed by atoms with Crippen LogP contribution in [-0.2, 0) is 0 Å². The third kappa shape index (κ3) is 0.409. The Morgan fingerprint density at radius 2 is 2.43 bits per heavy atom. The summed E-state index contributed by atoms with van der Waals surface area (Å²) in [6.07, 6.45) is 0. The van der Waals surface area contributed by atoms with Crippen LogP contribution in [0, 0.1) is 0 Å². The Balaban J connectivity index is 2.08. The molecule has 2 heteroatoms. The Morgan fingerprint density at radius 1 is 1.57 bits per heavy atom. The van der Waals surface area contributed by atoms with Gasteiger partial charge in [0.1, 0.15) is 0 Å². The topological polar surface area (TPSA) is 34.0 Å². The van der Waals surface area contributed by atoms with Crippen molar-refractivity contribution in [3.8, 4) is 0 Å². The van der Waals surface area contributed by atoms with E-state index in [-0.39, 0.29) is 0 Å². The molecule has 0 amide bonds. The molecular formula is C5H10N2. The van der Waals surface area contributed by atoms with Gasteiger partial charge in [-0.05, 0) is 6.92 Å². The van der Waals surface area contributed by atoms with Crippen molar-refractivity contribution in [1.82, 2.24) is 10.6 Å². The molecule has 7 heavy (non-hydrogen) atoms. The number of rotatable bonds is 0. The molecule has 0 radical (unpaired) electrons. The molecule has 2 N–H and O–H groups in total. The molecule has 0 spiro atoms. The van der Waals surface area contributed by atoms with Crippen LogP contribution in [0.3, 0.4) is 0 Å². The van der Waals surface area contributed by atoms with Gasteiger partial charge in [-0.25, -0.2) is 0 Å². The van der Waals surface area contributed by atoms with Gasteiger partial charge in [-0.15, -0.1) is 0 Å². The molecule has 0 aromatic carbocycles. The first kappa shape index (κ1) is 3.87. The minimum atomic E-state index is 0.727. The lowest BCUT2D eigenvalue weighted by Gasteiger charge is -2.02. The summed E-state index contributed by atoms with van der Waals surface area (Å²) in [5.41, 5.74) is 0. The van der Waals surface area contributed by atoms with Crippen LogP contribution >= 0.6 is 0 Å². The Labute approximate surface area is 43.3 Å². The van der Waals surface area contributed by atoms with Gasteiger partial charge in [-0.2, -0.15) is 0 Å². The molecule has 0 aromatic rings. The maximum Gasteiger partial charge on any atom is 0.0388 e. The van der Waals surface area contributed by atoms with Gasteiger partial charge in [-0.3, -0.25) is 0 Å². The van der Waals surface area contributed by atoms with Gasteiger partial charge in [0, 0.05) is 24.7 Å². The molecule has 40 valence electrons. The Kier molecular flexibility index (Phi) is 0.557. The van der Waals surface area contributed by atoms with Crippen molar-refractivity contribution in [2.45, 2.75) is 25.0 Å². The highest BCUT2D eigenvalue weighted by atomic mass is 15.3. The standard InChI is InChI=1S/C5H10N2/c1-3-5-4(7-5)2-6-3/h3-7H,2H2,1H3. The molecule has 2 heterocycles. The van der Waals surface area contributed by atoms with Crippen LogP contribution in [0.5, 0.6) is 0 Å². The fourth-order valence-corrected chi connectivity index (χ4v) is 1.31. The molecule has 2 nitrogen and oxygen atoms in total. The molecule has 0 saturated carbocycles. The Bertz CT molecular complexity index is 92.1. The second-order valence-corrected chi connectivity index (χ2v) is 2.50. The van der Waals surface area contributed by atoms with E-state index in [0.29, 0.717) is 0 Å². The molecule has 2 fully saturated rings. The average molecular weight is 98.1 g/mol. The van der Waals surface area contributed by atoms with Crippen molar-refractivity contribution < 1.29 is 0 Å². The van der Waals surface area contributed by atoms with Crippen LogP contribution in [-0.4, -0.2) is 24.7 Å². The summed E-state index contributed by atoms with van der Waals surface area (Å²) in [6.45, 7) is 3.41. The van der Waals surface area contributed by atoms with Gasteiger partial charge in [0.25, 0.3) is 0 Å². The predicted octanol–water partition coefficient (Wildman–Crippen LogP) is -0.682. The minimum absolute atomic E-state index is 0.727. The average Bonchev–Trinajstić information content (AvgIpc) is 2.33. The minimum Gasteiger partial charge on any atom is -0.311 e. The summed E-state index contributed by atoms with van der Waals surface area (Å²) in [5.74, 6) is 0. The summed E-state index contributed by atoms with van der Waals surface area (Å²) < 4.78 is 0. The Morgan fingerprint density at radius 3 is 2.57 bits per heavy atom. The van der Waals surface area contributed by atoms with E-state index >= 15 is 0 Å². The SMILES string of the molecule is CC1NCC2NC12. The van der Waals surface area contributed by atoms with Crippen molar-refractivity contribution in [1.29, 1.82) is 0 Å². The lowest BCUT2D eigenvalue weighted by Crippen LogP contribution is -2.28. The number of hydrogen-bond acceptors (Lipinski definition) is 2. The highest BCUT2D eigenvalue weighted by Crippen LogP contribution is 2.19. The van der Waals surface area contributed by atoms with E-state index in [4.69, 9.17) is 0 Å². The van der Waals surface area contributed by atoms with Crippen LogP contribution in [0.15, 0.2) is 0 Å². The van der Waals surface area contributed by atoms with Crippen molar-refractivity contribution in [3.63, 3.8) is 0 Å². The van der Waals surface area contributed by atoms with Crippen LogP contribution in [0.2, 0.25) is 0 Å². The number of piperazine rings is 1. The van der Waals surface area contributed by atoms with Gasteiger partial charge in [0.15, 0.2) is 0 Å². The lowest BCUT2D eigenvalue weighted by molar-refractivity contribution is 0.599. The molecule has 3 unspecified atom stereocenters. The summed E-state index contributed by atoms with van der Waals surface area (Å²) in [7, 11) is 0. The number of hydrogen-bond donors (Lipinski definition) is 2. The van der Waals surface area contributed by atoms with Gasteiger partial charge >= 0.3 is 0 Å². The lowest BCUT2D eigenvalue weighted by atomic mass is 10.3. The molecule has 2 aliphatic rings. The molecule has 2 aliphatic heterocycles. The normalized spacial score (nSPS) is 57.0. The second-order valence-electron chi connectivity index (χ2n) is 2.50. The molecule has 0 bridgehead atoms. The molecule has 3 atom stereocenters. The first-order chi connectivity index (χ1) is 3.38. The van der Waals surface area contributed by atoms with Gasteiger partial charge in [0.05, 0.1) is 0 Å². The third-order valence-corrected chi connectivity index (χ3v) is 1.93. The maximum atomic E-state index is 3.36. The van der Waals surface area contributed by atoms with E-state index in [1.807, 2.05) is 0 Å². The zero-order valence-corrected chi connectivity index (χ0v) is 4.44. The highest BCUT2D eigenvalue weighted by Gasteiger charge is 2.45. The molecule has 2 rings (SSSR count). The van der Waals surface area contributed by atoms with Crippen LogP contribution in [0.25, 0.3) is 0 Å². The second kappa shape index (κ2) is 1.01.